The van der Waals surface area contributed by atoms with Crippen LogP contribution in [0.5, 0.6) is 0 Å². The summed E-state index contributed by atoms with van der Waals surface area (Å²) >= 11 is 0. The summed E-state index contributed by atoms with van der Waals surface area (Å²) in [7, 11) is 0. The van der Waals surface area contributed by atoms with Crippen LogP contribution in [0.3, 0.4) is 0 Å². The number of ether oxygens (including phenoxy) is 1. The van der Waals surface area contributed by atoms with Crippen LogP contribution < -0.4 is 5.69 Å². The predicted molar refractivity (Wildman–Crippen MR) is 110 cm³/mol. The average Bonchev–Trinajstić information content (AvgIpc) is 2.72. The summed E-state index contributed by atoms with van der Waals surface area (Å²) in [5.74, 6) is 0.205. The van der Waals surface area contributed by atoms with Gasteiger partial charge in [-0.1, -0.05) is 44.2 Å². The highest BCUT2D eigenvalue weighted by Gasteiger charge is 2.38. The molecule has 3 heterocycles. The second-order valence-electron chi connectivity index (χ2n) is 8.30. The predicted octanol–water partition coefficient (Wildman–Crippen LogP) is 1.87. The molecule has 1 amide bonds. The fourth-order valence-electron chi connectivity index (χ4n) is 4.32. The summed E-state index contributed by atoms with van der Waals surface area (Å²) in [5.41, 5.74) is 1.77. The maximum atomic E-state index is 13.1. The van der Waals surface area contributed by atoms with Crippen LogP contribution in [-0.4, -0.2) is 64.6 Å². The molecule has 0 bridgehead atoms. The number of benzene rings is 1. The van der Waals surface area contributed by atoms with E-state index in [1.54, 1.807) is 11.0 Å². The molecule has 1 N–H and O–H groups in total. The Bertz CT molecular complexity index is 912. The number of carbonyl (C=O) groups is 1. The average molecular weight is 396 g/mol. The zero-order valence-electron chi connectivity index (χ0n) is 17.0. The van der Waals surface area contributed by atoms with E-state index in [9.17, 15) is 9.59 Å². The van der Waals surface area contributed by atoms with E-state index < -0.39 is 5.69 Å². The van der Waals surface area contributed by atoms with E-state index in [2.05, 4.69) is 40.8 Å². The molecule has 2 aliphatic heterocycles. The Morgan fingerprint density at radius 3 is 2.79 bits per heavy atom. The fraction of sp³-hybridized carbons (Fsp3) is 0.500. The van der Waals surface area contributed by atoms with Crippen LogP contribution in [0.1, 0.15) is 41.6 Å². The Kier molecular flexibility index (Phi) is 5.78. The molecule has 4 rings (SSSR count). The third-order valence-electron chi connectivity index (χ3n) is 5.63. The van der Waals surface area contributed by atoms with Crippen molar-refractivity contribution in [2.75, 3.05) is 32.8 Å². The van der Waals surface area contributed by atoms with Crippen LogP contribution in [0.2, 0.25) is 0 Å². The topological polar surface area (TPSA) is 78.5 Å². The van der Waals surface area contributed by atoms with E-state index in [4.69, 9.17) is 4.74 Å². The van der Waals surface area contributed by atoms with Gasteiger partial charge in [-0.15, -0.1) is 0 Å². The molecule has 0 unspecified atom stereocenters. The zero-order valence-corrected chi connectivity index (χ0v) is 17.0. The number of nitrogens with zero attached hydrogens (tertiary/aromatic N) is 3. The van der Waals surface area contributed by atoms with E-state index in [1.165, 1.54) is 5.56 Å². The largest absolute Gasteiger partial charge is 0.378 e. The summed E-state index contributed by atoms with van der Waals surface area (Å²) in [6.07, 6.45) is 0.709. The van der Waals surface area contributed by atoms with Gasteiger partial charge in [-0.2, -0.15) is 4.98 Å². The van der Waals surface area contributed by atoms with Gasteiger partial charge in [0.25, 0.3) is 5.91 Å². The minimum atomic E-state index is -0.463. The lowest BCUT2D eigenvalue weighted by Crippen LogP contribution is -2.60. The van der Waals surface area contributed by atoms with Gasteiger partial charge in [-0.25, -0.2) is 4.79 Å². The van der Waals surface area contributed by atoms with Gasteiger partial charge >= 0.3 is 5.69 Å². The Morgan fingerprint density at radius 2 is 2.03 bits per heavy atom. The molecule has 2 aromatic rings. The normalized spacial score (nSPS) is 22.5. The van der Waals surface area contributed by atoms with E-state index >= 15 is 0 Å². The smallest absolute Gasteiger partial charge is 0.345 e. The quantitative estimate of drug-likeness (QED) is 0.854. The van der Waals surface area contributed by atoms with Crippen molar-refractivity contribution < 1.29 is 9.53 Å². The maximum Gasteiger partial charge on any atom is 0.345 e. The van der Waals surface area contributed by atoms with Gasteiger partial charge < -0.3 is 14.6 Å². The first kappa shape index (κ1) is 19.8. The monoisotopic (exact) mass is 396 g/mol. The van der Waals surface area contributed by atoms with Crippen molar-refractivity contribution in [3.8, 4) is 0 Å². The van der Waals surface area contributed by atoms with Gasteiger partial charge in [-0.3, -0.25) is 9.69 Å². The number of fused-ring (bicyclic) bond motifs is 1. The number of rotatable bonds is 4. The van der Waals surface area contributed by atoms with Gasteiger partial charge in [-0.05, 0) is 24.0 Å². The lowest BCUT2D eigenvalue weighted by Gasteiger charge is -2.48. The minimum absolute atomic E-state index is 0.142. The Hall–Kier alpha value is -2.51. The molecule has 0 spiro atoms. The standard InChI is InChI=1S/C22H28N4O3/c1-15(2)10-17-11-19(24-22(28)23-17)21(27)25-8-9-26-18(12-25)13-29-14-20(26)16-6-4-3-5-7-16/h3-7,11,15,18,20H,8-10,12-14H2,1-2H3,(H,23,24,28)/t18-,20-/m1/s1. The molecule has 2 atom stereocenters. The maximum absolute atomic E-state index is 13.1. The van der Waals surface area contributed by atoms with Crippen LogP contribution in [0.25, 0.3) is 0 Å². The van der Waals surface area contributed by atoms with Crippen molar-refractivity contribution in [1.29, 1.82) is 0 Å². The zero-order chi connectivity index (χ0) is 20.4. The van der Waals surface area contributed by atoms with Crippen LogP contribution in [0.15, 0.2) is 41.2 Å². The molecule has 2 aliphatic rings. The van der Waals surface area contributed by atoms with Crippen molar-refractivity contribution in [3.05, 3.63) is 63.8 Å². The summed E-state index contributed by atoms with van der Waals surface area (Å²) < 4.78 is 5.87. The molecule has 2 fully saturated rings. The number of nitrogens with one attached hydrogen (secondary N) is 1. The summed E-state index contributed by atoms with van der Waals surface area (Å²) in [4.78, 5) is 35.9. The molecular weight excluding hydrogens is 368 g/mol. The Balaban J connectivity index is 1.49. The highest BCUT2D eigenvalue weighted by Crippen LogP contribution is 2.29. The van der Waals surface area contributed by atoms with Gasteiger partial charge in [0.05, 0.1) is 25.3 Å². The second-order valence-corrected chi connectivity index (χ2v) is 8.30. The number of piperazine rings is 1. The first-order valence-electron chi connectivity index (χ1n) is 10.3. The first-order valence-corrected chi connectivity index (χ1v) is 10.3. The summed E-state index contributed by atoms with van der Waals surface area (Å²) in [6, 6.07) is 12.4. The van der Waals surface area contributed by atoms with Crippen molar-refractivity contribution in [1.82, 2.24) is 19.8 Å². The number of aromatic amines is 1. The number of aromatic nitrogens is 2. The lowest BCUT2D eigenvalue weighted by molar-refractivity contribution is -0.0771. The molecule has 0 radical (unpaired) electrons. The van der Waals surface area contributed by atoms with Gasteiger partial charge in [0.1, 0.15) is 5.69 Å². The SMILES string of the molecule is CC(C)Cc1cc(C(=O)N2CCN3[C@@H](COC[C@@H]3c3ccccc3)C2)nc(=O)[nH]1. The number of morpholine rings is 1. The lowest BCUT2D eigenvalue weighted by atomic mass is 10.00. The Labute approximate surface area is 170 Å². The number of hydrogen-bond acceptors (Lipinski definition) is 5. The van der Waals surface area contributed by atoms with Crippen molar-refractivity contribution in [2.24, 2.45) is 5.92 Å². The molecule has 29 heavy (non-hydrogen) atoms. The van der Waals surface area contributed by atoms with Crippen molar-refractivity contribution in [2.45, 2.75) is 32.4 Å². The number of H-pyrrole nitrogens is 1. The molecular formula is C22H28N4O3. The van der Waals surface area contributed by atoms with Crippen LogP contribution in [-0.2, 0) is 11.2 Å². The van der Waals surface area contributed by atoms with Gasteiger partial charge in [0, 0.05) is 25.3 Å². The summed E-state index contributed by atoms with van der Waals surface area (Å²) in [5, 5.41) is 0. The van der Waals surface area contributed by atoms with Gasteiger partial charge in [0.15, 0.2) is 0 Å². The highest BCUT2D eigenvalue weighted by atomic mass is 16.5. The van der Waals surface area contributed by atoms with Crippen LogP contribution in [0, 0.1) is 5.92 Å². The van der Waals surface area contributed by atoms with E-state index in [0.717, 1.165) is 12.2 Å². The summed E-state index contributed by atoms with van der Waals surface area (Å²) in [6.45, 7) is 7.40. The molecule has 0 saturated carbocycles. The van der Waals surface area contributed by atoms with E-state index in [0.29, 0.717) is 38.6 Å². The van der Waals surface area contributed by atoms with Crippen molar-refractivity contribution >= 4 is 5.91 Å². The van der Waals surface area contributed by atoms with Gasteiger partial charge in [0.2, 0.25) is 0 Å². The number of hydrogen-bond donors (Lipinski definition) is 1. The minimum Gasteiger partial charge on any atom is -0.378 e. The molecule has 7 nitrogen and oxygen atoms in total. The second kappa shape index (κ2) is 8.47. The molecule has 2 saturated heterocycles. The molecule has 154 valence electrons. The Morgan fingerprint density at radius 1 is 1.24 bits per heavy atom. The van der Waals surface area contributed by atoms with Crippen LogP contribution >= 0.6 is 0 Å². The number of amides is 1. The first-order chi connectivity index (χ1) is 14.0. The molecule has 1 aromatic heterocycles. The molecule has 7 heteroatoms. The van der Waals surface area contributed by atoms with E-state index in [-0.39, 0.29) is 23.7 Å². The molecule has 0 aliphatic carbocycles. The van der Waals surface area contributed by atoms with E-state index in [1.807, 2.05) is 18.2 Å². The third kappa shape index (κ3) is 4.41. The van der Waals surface area contributed by atoms with Crippen molar-refractivity contribution in [3.63, 3.8) is 0 Å². The molecule has 1 aromatic carbocycles. The fourth-order valence-corrected chi connectivity index (χ4v) is 4.32. The van der Waals surface area contributed by atoms with Crippen LogP contribution in [0.4, 0.5) is 0 Å². The highest BCUT2D eigenvalue weighted by molar-refractivity contribution is 5.92. The number of carbonyl (C=O) groups excluding carboxylic acids is 1. The third-order valence-corrected chi connectivity index (χ3v) is 5.63.